The first-order valence-electron chi connectivity index (χ1n) is 4.57. The number of nitrogens with one attached hydrogen (secondary N) is 1. The lowest BCUT2D eigenvalue weighted by molar-refractivity contribution is 1.19. The number of alkyl halides is 1. The van der Waals surface area contributed by atoms with E-state index in [1.54, 1.807) is 18.6 Å². The van der Waals surface area contributed by atoms with Crippen LogP contribution in [0.25, 0.3) is 0 Å². The van der Waals surface area contributed by atoms with Crippen LogP contribution >= 0.6 is 11.6 Å². The summed E-state index contributed by atoms with van der Waals surface area (Å²) in [7, 11) is 0. The number of anilines is 2. The van der Waals surface area contributed by atoms with Crippen molar-refractivity contribution in [1.29, 1.82) is 0 Å². The first-order valence-corrected chi connectivity index (χ1v) is 5.10. The second-order valence-corrected chi connectivity index (χ2v) is 3.27. The third-order valence-corrected chi connectivity index (χ3v) is 2.28. The van der Waals surface area contributed by atoms with E-state index in [1.165, 1.54) is 0 Å². The smallest absolute Gasteiger partial charge is 0.148 e. The Kier molecular flexibility index (Phi) is 3.15. The molecule has 0 aliphatic carbocycles. The minimum Gasteiger partial charge on any atom is -0.339 e. The van der Waals surface area contributed by atoms with Crippen LogP contribution in [0, 0.1) is 0 Å². The number of hydrogen-bond donors (Lipinski definition) is 1. The highest BCUT2D eigenvalue weighted by Gasteiger charge is 2.00. The number of nitrogens with zero attached hydrogens (tertiary/aromatic N) is 2. The van der Waals surface area contributed by atoms with Crippen LogP contribution in [0.4, 0.5) is 11.5 Å². The topological polar surface area (TPSA) is 37.8 Å². The van der Waals surface area contributed by atoms with Crippen molar-refractivity contribution in [2.45, 2.75) is 5.88 Å². The Balaban J connectivity index is 2.24. The number of para-hydroxylation sites is 1. The van der Waals surface area contributed by atoms with Gasteiger partial charge in [-0.05, 0) is 11.6 Å². The Labute approximate surface area is 93.1 Å². The van der Waals surface area contributed by atoms with Gasteiger partial charge in [0.2, 0.25) is 0 Å². The highest BCUT2D eigenvalue weighted by Crippen LogP contribution is 2.20. The van der Waals surface area contributed by atoms with Crippen molar-refractivity contribution in [1.82, 2.24) is 9.97 Å². The summed E-state index contributed by atoms with van der Waals surface area (Å²) in [4.78, 5) is 8.11. The Morgan fingerprint density at radius 3 is 2.80 bits per heavy atom. The van der Waals surface area contributed by atoms with Crippen molar-refractivity contribution < 1.29 is 0 Å². The van der Waals surface area contributed by atoms with Crippen LogP contribution in [-0.2, 0) is 5.88 Å². The Morgan fingerprint density at radius 1 is 1.20 bits per heavy atom. The molecule has 1 N–H and O–H groups in total. The van der Waals surface area contributed by atoms with Crippen molar-refractivity contribution in [3.8, 4) is 0 Å². The van der Waals surface area contributed by atoms with Crippen LogP contribution in [0.2, 0.25) is 0 Å². The van der Waals surface area contributed by atoms with Crippen LogP contribution in [0.15, 0.2) is 42.9 Å². The molecule has 0 amide bonds. The summed E-state index contributed by atoms with van der Waals surface area (Å²) in [6.07, 6.45) is 4.95. The maximum Gasteiger partial charge on any atom is 0.148 e. The molecule has 0 atom stereocenters. The summed E-state index contributed by atoms with van der Waals surface area (Å²) in [5, 5.41) is 3.17. The Hall–Kier alpha value is -1.61. The van der Waals surface area contributed by atoms with E-state index in [2.05, 4.69) is 15.3 Å². The molecule has 0 aliphatic heterocycles. The highest BCUT2D eigenvalue weighted by molar-refractivity contribution is 6.17. The zero-order valence-corrected chi connectivity index (χ0v) is 8.78. The number of rotatable bonds is 3. The predicted molar refractivity (Wildman–Crippen MR) is 61.3 cm³/mol. The largest absolute Gasteiger partial charge is 0.339 e. The monoisotopic (exact) mass is 219 g/mol. The van der Waals surface area contributed by atoms with Crippen molar-refractivity contribution in [2.24, 2.45) is 0 Å². The fourth-order valence-corrected chi connectivity index (χ4v) is 1.49. The van der Waals surface area contributed by atoms with Gasteiger partial charge in [-0.3, -0.25) is 4.98 Å². The van der Waals surface area contributed by atoms with E-state index in [4.69, 9.17) is 11.6 Å². The van der Waals surface area contributed by atoms with Crippen molar-refractivity contribution >= 4 is 23.1 Å². The molecule has 3 nitrogen and oxygen atoms in total. The molecule has 0 fully saturated rings. The summed E-state index contributed by atoms with van der Waals surface area (Å²) in [6, 6.07) is 7.85. The van der Waals surface area contributed by atoms with E-state index < -0.39 is 0 Å². The van der Waals surface area contributed by atoms with E-state index in [1.807, 2.05) is 24.3 Å². The third-order valence-electron chi connectivity index (χ3n) is 1.99. The lowest BCUT2D eigenvalue weighted by Crippen LogP contribution is -1.96. The van der Waals surface area contributed by atoms with Crippen molar-refractivity contribution in [2.75, 3.05) is 5.32 Å². The molecule has 2 aromatic rings. The van der Waals surface area contributed by atoms with Gasteiger partial charge in [-0.25, -0.2) is 4.98 Å². The van der Waals surface area contributed by atoms with Gasteiger partial charge in [0.05, 0.1) is 6.20 Å². The van der Waals surface area contributed by atoms with Gasteiger partial charge in [0.25, 0.3) is 0 Å². The molecule has 4 heteroatoms. The highest BCUT2D eigenvalue weighted by atomic mass is 35.5. The molecule has 15 heavy (non-hydrogen) atoms. The number of benzene rings is 1. The quantitative estimate of drug-likeness (QED) is 0.807. The van der Waals surface area contributed by atoms with Gasteiger partial charge in [-0.2, -0.15) is 0 Å². The molecule has 0 aliphatic rings. The molecule has 0 radical (unpaired) electrons. The summed E-state index contributed by atoms with van der Waals surface area (Å²) in [6.45, 7) is 0. The van der Waals surface area contributed by atoms with E-state index in [0.29, 0.717) is 5.88 Å². The minimum absolute atomic E-state index is 0.476. The molecule has 0 unspecified atom stereocenters. The number of halogens is 1. The van der Waals surface area contributed by atoms with Crippen LogP contribution < -0.4 is 5.32 Å². The average molecular weight is 220 g/mol. The van der Waals surface area contributed by atoms with Gasteiger partial charge in [0, 0.05) is 24.0 Å². The first kappa shape index (κ1) is 9.93. The molecule has 1 aromatic heterocycles. The lowest BCUT2D eigenvalue weighted by Gasteiger charge is -2.08. The normalized spacial score (nSPS) is 9.93. The average Bonchev–Trinajstić information content (AvgIpc) is 2.31. The summed E-state index contributed by atoms with van der Waals surface area (Å²) < 4.78 is 0. The van der Waals surface area contributed by atoms with Gasteiger partial charge in [-0.1, -0.05) is 18.2 Å². The van der Waals surface area contributed by atoms with Gasteiger partial charge in [0.1, 0.15) is 5.82 Å². The number of aromatic nitrogens is 2. The van der Waals surface area contributed by atoms with Crippen molar-refractivity contribution in [3.63, 3.8) is 0 Å². The summed E-state index contributed by atoms with van der Waals surface area (Å²) in [5.74, 6) is 1.19. The minimum atomic E-state index is 0.476. The Morgan fingerprint density at radius 2 is 2.07 bits per heavy atom. The first-order chi connectivity index (χ1) is 7.40. The fourth-order valence-electron chi connectivity index (χ4n) is 1.26. The van der Waals surface area contributed by atoms with Crippen LogP contribution in [0.1, 0.15) is 5.56 Å². The summed E-state index contributed by atoms with van der Waals surface area (Å²) >= 11 is 5.82. The predicted octanol–water partition coefficient (Wildman–Crippen LogP) is 2.96. The maximum absolute atomic E-state index is 5.82. The standard InChI is InChI=1S/C11H10ClN3/c12-7-9-3-1-2-4-10(9)15-11-8-13-5-6-14-11/h1-6,8H,7H2,(H,14,15). The molecule has 1 heterocycles. The Bertz CT molecular complexity index is 431. The zero-order valence-electron chi connectivity index (χ0n) is 8.02. The number of hydrogen-bond acceptors (Lipinski definition) is 3. The van der Waals surface area contributed by atoms with E-state index >= 15 is 0 Å². The van der Waals surface area contributed by atoms with Crippen molar-refractivity contribution in [3.05, 3.63) is 48.4 Å². The van der Waals surface area contributed by atoms with E-state index in [9.17, 15) is 0 Å². The van der Waals surface area contributed by atoms with Gasteiger partial charge >= 0.3 is 0 Å². The second kappa shape index (κ2) is 4.75. The van der Waals surface area contributed by atoms with E-state index in [-0.39, 0.29) is 0 Å². The molecule has 76 valence electrons. The van der Waals surface area contributed by atoms with Crippen LogP contribution in [0.5, 0.6) is 0 Å². The van der Waals surface area contributed by atoms with Gasteiger partial charge in [0.15, 0.2) is 0 Å². The third kappa shape index (κ3) is 2.44. The van der Waals surface area contributed by atoms with Gasteiger partial charge < -0.3 is 5.32 Å². The molecule has 1 aromatic carbocycles. The molecular formula is C11H10ClN3. The van der Waals surface area contributed by atoms with Gasteiger partial charge in [-0.15, -0.1) is 11.6 Å². The molecule has 0 spiro atoms. The molecule has 0 saturated carbocycles. The molecule has 0 bridgehead atoms. The SMILES string of the molecule is ClCc1ccccc1Nc1cnccn1. The van der Waals surface area contributed by atoms with Crippen LogP contribution in [0.3, 0.4) is 0 Å². The fraction of sp³-hybridized carbons (Fsp3) is 0.0909. The maximum atomic E-state index is 5.82. The van der Waals surface area contributed by atoms with E-state index in [0.717, 1.165) is 17.1 Å². The summed E-state index contributed by atoms with van der Waals surface area (Å²) in [5.41, 5.74) is 2.01. The molecule has 0 saturated heterocycles. The van der Waals surface area contributed by atoms with Crippen LogP contribution in [-0.4, -0.2) is 9.97 Å². The lowest BCUT2D eigenvalue weighted by atomic mass is 10.2. The molecule has 2 rings (SSSR count). The zero-order chi connectivity index (χ0) is 10.5. The second-order valence-electron chi connectivity index (χ2n) is 3.01. The molecular weight excluding hydrogens is 210 g/mol.